The summed E-state index contributed by atoms with van der Waals surface area (Å²) in [7, 11) is -9.01. The Morgan fingerprint density at radius 2 is 1.55 bits per heavy atom. The molecule has 0 fully saturated rings. The van der Waals surface area contributed by atoms with Gasteiger partial charge in [-0.2, -0.15) is 16.8 Å². The molecule has 3 heterocycles. The molecule has 0 bridgehead atoms. The zero-order valence-electron chi connectivity index (χ0n) is 41.8. The van der Waals surface area contributed by atoms with Crippen molar-refractivity contribution in [3.63, 3.8) is 0 Å². The lowest BCUT2D eigenvalue weighted by atomic mass is 9.79. The minimum absolute atomic E-state index is 0.00354. The SMILES string of the molecule is CCN1c2ccc(S(=O)(=O)O)cc2C(C)(C)C1C/C=C/C=C/C=C1/N(CCCCCC(=O)NCc2c(O)ccc3c(-c4ccc(C(=O)O)cc4C(=O)O)c4ccc(=O)cc-4oc23)c2c(cccc2S(=O)(=O)O)C1(C)C. The van der Waals surface area contributed by atoms with Gasteiger partial charge in [-0.1, -0.05) is 76.6 Å². The molecular formula is C56H57N3O14S2. The van der Waals surface area contributed by atoms with Gasteiger partial charge in [-0.3, -0.25) is 18.7 Å². The summed E-state index contributed by atoms with van der Waals surface area (Å²) in [6, 6.07) is 20.0. The van der Waals surface area contributed by atoms with Crippen LogP contribution in [-0.2, 0) is 42.4 Å². The molecule has 1 unspecified atom stereocenters. The summed E-state index contributed by atoms with van der Waals surface area (Å²) in [5.41, 5.74) is 2.55. The lowest BCUT2D eigenvalue weighted by Crippen LogP contribution is -2.41. The average molecular weight is 1060 g/mol. The molecule has 0 spiro atoms. The second-order valence-corrected chi connectivity index (χ2v) is 22.5. The van der Waals surface area contributed by atoms with E-state index in [9.17, 15) is 60.4 Å². The molecule has 19 heteroatoms. The molecule has 4 aromatic rings. The fourth-order valence-corrected chi connectivity index (χ4v) is 11.9. The standard InChI is InChI=1S/C56H57N3O14S2/c1-6-58-43-26-22-35(74(67,68)69)31-42(43)56(4,5)47(58)17-10-7-8-11-18-48-55(2,3)41-15-14-16-46(75(70,71)72)51(41)59(48)28-13-9-12-19-49(62)57-32-40-44(61)27-25-38-50(37-24-21-34(60)30-45(37)73-52(38)40)36-23-20-33(53(63)64)29-39(36)54(65)66/h7-8,10-11,14-16,18,20-27,29-31,47,61H,6,9,12-13,17,19,28,32H2,1-5H3,(H,57,62)(H,63,64)(H,65,66)(H,67,68,69)(H,70,71,72)/b10-7+,11-8+,48-18+. The van der Waals surface area contributed by atoms with Crippen molar-refractivity contribution in [1.82, 2.24) is 5.32 Å². The molecule has 0 radical (unpaired) electrons. The summed E-state index contributed by atoms with van der Waals surface area (Å²) in [6.45, 7) is 10.9. The molecule has 4 aliphatic rings. The van der Waals surface area contributed by atoms with Crippen molar-refractivity contribution >= 4 is 60.4 Å². The molecule has 0 saturated carbocycles. The van der Waals surface area contributed by atoms with Gasteiger partial charge in [0.05, 0.1) is 33.8 Å². The summed E-state index contributed by atoms with van der Waals surface area (Å²) in [6.07, 6.45) is 11.8. The van der Waals surface area contributed by atoms with E-state index in [0.717, 1.165) is 23.0 Å². The number of nitrogens with zero attached hydrogens (tertiary/aromatic N) is 2. The third-order valence-corrected chi connectivity index (χ3v) is 16.1. The number of aromatic hydroxyl groups is 1. The second kappa shape index (κ2) is 20.6. The van der Waals surface area contributed by atoms with Crippen LogP contribution in [0.2, 0.25) is 0 Å². The Balaban J connectivity index is 0.964. The molecule has 4 aromatic carbocycles. The van der Waals surface area contributed by atoms with Crippen LogP contribution in [0.4, 0.5) is 11.4 Å². The largest absolute Gasteiger partial charge is 0.507 e. The van der Waals surface area contributed by atoms with Crippen molar-refractivity contribution in [3.8, 4) is 28.2 Å². The van der Waals surface area contributed by atoms with Crippen LogP contribution in [0, 0.1) is 0 Å². The number of nitrogens with one attached hydrogen (secondary N) is 1. The highest BCUT2D eigenvalue weighted by molar-refractivity contribution is 7.86. The fraction of sp³-hybridized carbons (Fsp3) is 0.286. The number of hydrogen-bond acceptors (Lipinski definition) is 12. The van der Waals surface area contributed by atoms with Crippen LogP contribution in [0.3, 0.4) is 0 Å². The van der Waals surface area contributed by atoms with Gasteiger partial charge in [0.2, 0.25) is 5.91 Å². The first-order chi connectivity index (χ1) is 35.4. The van der Waals surface area contributed by atoms with E-state index in [0.29, 0.717) is 66.5 Å². The third kappa shape index (κ3) is 10.4. The van der Waals surface area contributed by atoms with Crippen molar-refractivity contribution in [3.05, 3.63) is 159 Å². The van der Waals surface area contributed by atoms with Gasteiger partial charge in [-0.05, 0) is 110 Å². The Hall–Kier alpha value is -7.58. The predicted molar refractivity (Wildman–Crippen MR) is 284 cm³/mol. The Labute approximate surface area is 434 Å². The summed E-state index contributed by atoms with van der Waals surface area (Å²) in [5, 5.41) is 34.0. The number of fused-ring (bicyclic) bond motifs is 4. The fourth-order valence-electron chi connectivity index (χ4n) is 10.6. The van der Waals surface area contributed by atoms with E-state index in [1.165, 1.54) is 54.6 Å². The molecule has 1 atom stereocenters. The number of aromatic carboxylic acids is 2. The van der Waals surface area contributed by atoms with Crippen LogP contribution in [0.25, 0.3) is 33.4 Å². The first-order valence-corrected chi connectivity index (χ1v) is 27.1. The number of rotatable bonds is 18. The van der Waals surface area contributed by atoms with Crippen LogP contribution in [-0.4, -0.2) is 78.2 Å². The lowest BCUT2D eigenvalue weighted by molar-refractivity contribution is -0.121. The third-order valence-electron chi connectivity index (χ3n) is 14.4. The van der Waals surface area contributed by atoms with Crippen LogP contribution >= 0.6 is 0 Å². The van der Waals surface area contributed by atoms with E-state index >= 15 is 0 Å². The van der Waals surface area contributed by atoms with E-state index in [4.69, 9.17) is 4.42 Å². The van der Waals surface area contributed by atoms with Gasteiger partial charge in [0.15, 0.2) is 5.43 Å². The number of carboxylic acid groups (broad SMARTS) is 2. The minimum atomic E-state index is -4.63. The number of allylic oxidation sites excluding steroid dienone is 5. The Bertz CT molecular complexity index is 3650. The van der Waals surface area contributed by atoms with Crippen LogP contribution in [0.15, 0.2) is 140 Å². The van der Waals surface area contributed by atoms with Gasteiger partial charge in [-0.15, -0.1) is 0 Å². The number of amides is 1. The maximum absolute atomic E-state index is 13.4. The van der Waals surface area contributed by atoms with Crippen LogP contribution in [0.5, 0.6) is 5.75 Å². The second-order valence-electron chi connectivity index (χ2n) is 19.7. The Kier molecular flexibility index (Phi) is 14.8. The highest BCUT2D eigenvalue weighted by Gasteiger charge is 2.44. The van der Waals surface area contributed by atoms with Crippen molar-refractivity contribution in [2.75, 3.05) is 22.9 Å². The highest BCUT2D eigenvalue weighted by Crippen LogP contribution is 2.51. The Morgan fingerprint density at radius 1 is 0.800 bits per heavy atom. The molecule has 0 saturated heterocycles. The first kappa shape index (κ1) is 53.7. The van der Waals surface area contributed by atoms with E-state index in [-0.39, 0.29) is 74.1 Å². The van der Waals surface area contributed by atoms with Crippen molar-refractivity contribution in [2.45, 2.75) is 99.9 Å². The highest BCUT2D eigenvalue weighted by atomic mass is 32.2. The van der Waals surface area contributed by atoms with Crippen LogP contribution in [0.1, 0.15) is 104 Å². The monoisotopic (exact) mass is 1060 g/mol. The van der Waals surface area contributed by atoms with Gasteiger partial charge in [0.25, 0.3) is 20.2 Å². The first-order valence-electron chi connectivity index (χ1n) is 24.3. The maximum atomic E-state index is 13.4. The predicted octanol–water partition coefficient (Wildman–Crippen LogP) is 9.71. The quantitative estimate of drug-likeness (QED) is 0.0202. The van der Waals surface area contributed by atoms with Crippen LogP contribution < -0.4 is 20.5 Å². The number of para-hydroxylation sites is 1. The number of benzene rings is 5. The van der Waals surface area contributed by atoms with E-state index in [1.807, 2.05) is 62.1 Å². The molecule has 17 nitrogen and oxygen atoms in total. The van der Waals surface area contributed by atoms with Gasteiger partial charge >= 0.3 is 11.9 Å². The number of phenolic OH excluding ortho intramolecular Hbond substituents is 1. The summed E-state index contributed by atoms with van der Waals surface area (Å²) in [5.74, 6) is -3.25. The van der Waals surface area contributed by atoms with E-state index in [2.05, 4.69) is 24.1 Å². The normalized spacial score (nSPS) is 16.6. The number of carbonyl (C=O) groups is 3. The number of hydrogen-bond donors (Lipinski definition) is 6. The molecule has 1 amide bonds. The van der Waals surface area contributed by atoms with E-state index < -0.39 is 48.4 Å². The van der Waals surface area contributed by atoms with Crippen molar-refractivity contribution in [1.29, 1.82) is 0 Å². The van der Waals surface area contributed by atoms with Gasteiger partial charge < -0.3 is 34.9 Å². The molecule has 75 heavy (non-hydrogen) atoms. The minimum Gasteiger partial charge on any atom is -0.507 e. The molecule has 0 aromatic heterocycles. The maximum Gasteiger partial charge on any atom is 0.336 e. The summed E-state index contributed by atoms with van der Waals surface area (Å²) in [4.78, 5) is 53.9. The zero-order valence-corrected chi connectivity index (χ0v) is 43.5. The molecule has 3 aliphatic heterocycles. The molecule has 392 valence electrons. The smallest absolute Gasteiger partial charge is 0.336 e. The summed E-state index contributed by atoms with van der Waals surface area (Å²) < 4.78 is 75.7. The van der Waals surface area contributed by atoms with Gasteiger partial charge in [0, 0.05) is 70.3 Å². The number of anilines is 2. The van der Waals surface area contributed by atoms with E-state index in [1.54, 1.807) is 18.2 Å². The number of phenols is 1. The summed E-state index contributed by atoms with van der Waals surface area (Å²) >= 11 is 0. The van der Waals surface area contributed by atoms with Gasteiger partial charge in [0.1, 0.15) is 22.0 Å². The molecule has 8 rings (SSSR count). The topological polar surface area (TPSA) is 269 Å². The zero-order chi connectivity index (χ0) is 54.4. The van der Waals surface area contributed by atoms with Crippen molar-refractivity contribution < 1.29 is 60.1 Å². The van der Waals surface area contributed by atoms with Crippen molar-refractivity contribution in [2.24, 2.45) is 0 Å². The Morgan fingerprint density at radius 3 is 2.24 bits per heavy atom. The number of carboxylic acids is 2. The lowest BCUT2D eigenvalue weighted by Gasteiger charge is -2.33. The molecule has 6 N–H and O–H groups in total. The molecular weight excluding hydrogens is 1000 g/mol. The molecule has 1 aliphatic carbocycles. The van der Waals surface area contributed by atoms with Gasteiger partial charge in [-0.25, -0.2) is 9.59 Å². The number of unbranched alkanes of at least 4 members (excludes halogenated alkanes) is 2. The number of carbonyl (C=O) groups excluding carboxylic acids is 1. The number of likely N-dealkylation sites (N-methyl/N-ethyl adjacent to an activating group) is 1. The average Bonchev–Trinajstić information content (AvgIpc) is 3.70.